The van der Waals surface area contributed by atoms with Gasteiger partial charge in [0.25, 0.3) is 0 Å². The van der Waals surface area contributed by atoms with Crippen LogP contribution in [-0.4, -0.2) is 19.6 Å². The van der Waals surface area contributed by atoms with Crippen LogP contribution in [0.1, 0.15) is 12.5 Å². The van der Waals surface area contributed by atoms with Gasteiger partial charge in [-0.3, -0.25) is 5.43 Å². The molecule has 0 fully saturated rings. The fourth-order valence-electron chi connectivity index (χ4n) is 2.31. The lowest BCUT2D eigenvalue weighted by Crippen LogP contribution is -2.27. The third-order valence-electron chi connectivity index (χ3n) is 3.63. The minimum Gasteiger partial charge on any atom is -0.497 e. The van der Waals surface area contributed by atoms with Crippen molar-refractivity contribution in [2.75, 3.05) is 18.7 Å². The Labute approximate surface area is 130 Å². The Morgan fingerprint density at radius 3 is 2.41 bits per heavy atom. The molecule has 5 nitrogen and oxygen atoms in total. The molecule has 5 heteroatoms. The van der Waals surface area contributed by atoms with Crippen molar-refractivity contribution in [3.63, 3.8) is 0 Å². The number of ether oxygens (including phenoxy) is 2. The third kappa shape index (κ3) is 2.83. The second kappa shape index (κ2) is 5.97. The van der Waals surface area contributed by atoms with E-state index in [0.29, 0.717) is 6.67 Å². The number of aryl methyl sites for hydroxylation is 1. The predicted molar refractivity (Wildman–Crippen MR) is 87.8 cm³/mol. The molecule has 1 aliphatic heterocycles. The van der Waals surface area contributed by atoms with Gasteiger partial charge >= 0.3 is 0 Å². The molecule has 22 heavy (non-hydrogen) atoms. The lowest BCUT2D eigenvalue weighted by molar-refractivity contribution is 0.408. The quantitative estimate of drug-likeness (QED) is 0.938. The van der Waals surface area contributed by atoms with Crippen LogP contribution < -0.4 is 19.8 Å². The van der Waals surface area contributed by atoms with Crippen molar-refractivity contribution in [3.05, 3.63) is 48.0 Å². The second-order valence-electron chi connectivity index (χ2n) is 5.13. The minimum absolute atomic E-state index is 0.695. The molecule has 0 spiro atoms. The summed E-state index contributed by atoms with van der Waals surface area (Å²) in [7, 11) is 1.65. The third-order valence-corrected chi connectivity index (χ3v) is 3.63. The minimum atomic E-state index is 0.695. The van der Waals surface area contributed by atoms with E-state index >= 15 is 0 Å². The van der Waals surface area contributed by atoms with Gasteiger partial charge in [-0.15, -0.1) is 0 Å². The Morgan fingerprint density at radius 2 is 1.77 bits per heavy atom. The van der Waals surface area contributed by atoms with Crippen LogP contribution >= 0.6 is 0 Å². The topological polar surface area (TPSA) is 46.1 Å². The van der Waals surface area contributed by atoms with Crippen molar-refractivity contribution in [2.24, 2.45) is 5.10 Å². The van der Waals surface area contributed by atoms with E-state index in [0.717, 1.165) is 34.3 Å². The van der Waals surface area contributed by atoms with Gasteiger partial charge in [0.15, 0.2) is 0 Å². The molecular formula is C17H19N3O2. The lowest BCUT2D eigenvalue weighted by Gasteiger charge is -2.17. The maximum Gasteiger partial charge on any atom is 0.134 e. The fraction of sp³-hybridized carbons (Fsp3) is 0.235. The van der Waals surface area contributed by atoms with Crippen molar-refractivity contribution in [3.8, 4) is 17.2 Å². The zero-order valence-electron chi connectivity index (χ0n) is 13.0. The number of nitrogens with zero attached hydrogens (tertiary/aromatic N) is 2. The predicted octanol–water partition coefficient (Wildman–Crippen LogP) is 3.50. The molecule has 1 heterocycles. The van der Waals surface area contributed by atoms with Gasteiger partial charge in [-0.25, -0.2) is 0 Å². The van der Waals surface area contributed by atoms with Crippen molar-refractivity contribution in [1.29, 1.82) is 0 Å². The maximum absolute atomic E-state index is 5.95. The molecule has 1 N–H and O–H groups in total. The smallest absolute Gasteiger partial charge is 0.134 e. The van der Waals surface area contributed by atoms with Crippen LogP contribution in [0.4, 0.5) is 5.69 Å². The molecule has 1 aliphatic rings. The van der Waals surface area contributed by atoms with E-state index in [-0.39, 0.29) is 0 Å². The summed E-state index contributed by atoms with van der Waals surface area (Å²) in [5, 5.41) is 4.16. The summed E-state index contributed by atoms with van der Waals surface area (Å²) in [5.41, 5.74) is 5.11. The van der Waals surface area contributed by atoms with Crippen molar-refractivity contribution in [1.82, 2.24) is 5.43 Å². The van der Waals surface area contributed by atoms with Gasteiger partial charge in [-0.2, -0.15) is 5.10 Å². The molecule has 0 saturated carbocycles. The summed E-state index contributed by atoms with van der Waals surface area (Å²) in [6, 6.07) is 13.8. The van der Waals surface area contributed by atoms with Crippen molar-refractivity contribution in [2.45, 2.75) is 13.8 Å². The molecule has 2 aromatic carbocycles. The maximum atomic E-state index is 5.95. The van der Waals surface area contributed by atoms with Gasteiger partial charge in [0, 0.05) is 11.8 Å². The van der Waals surface area contributed by atoms with E-state index in [9.17, 15) is 0 Å². The molecule has 0 saturated heterocycles. The number of methoxy groups -OCH3 is 1. The van der Waals surface area contributed by atoms with Gasteiger partial charge in [-0.1, -0.05) is 6.07 Å². The molecular weight excluding hydrogens is 278 g/mol. The van der Waals surface area contributed by atoms with Gasteiger partial charge < -0.3 is 14.4 Å². The van der Waals surface area contributed by atoms with E-state index in [1.807, 2.05) is 56.3 Å². The van der Waals surface area contributed by atoms with E-state index in [1.54, 1.807) is 7.11 Å². The van der Waals surface area contributed by atoms with Gasteiger partial charge in [0.2, 0.25) is 0 Å². The van der Waals surface area contributed by atoms with Crippen LogP contribution in [0.15, 0.2) is 47.6 Å². The lowest BCUT2D eigenvalue weighted by atomic mass is 10.2. The first-order valence-corrected chi connectivity index (χ1v) is 7.14. The van der Waals surface area contributed by atoms with Crippen LogP contribution in [0.2, 0.25) is 0 Å². The van der Waals surface area contributed by atoms with Crippen molar-refractivity contribution >= 4 is 11.5 Å². The van der Waals surface area contributed by atoms with E-state index < -0.39 is 0 Å². The summed E-state index contributed by atoms with van der Waals surface area (Å²) in [4.78, 5) is 2.10. The number of hydrazone groups is 1. The SMILES string of the molecule is COc1ccc(C)c(Oc2ccc(N3CNN=C3C)cc2)c1. The Balaban J connectivity index is 1.78. The zero-order valence-corrected chi connectivity index (χ0v) is 13.0. The van der Waals surface area contributed by atoms with Crippen molar-refractivity contribution < 1.29 is 9.47 Å². The Morgan fingerprint density at radius 1 is 1.05 bits per heavy atom. The zero-order chi connectivity index (χ0) is 15.5. The molecule has 0 aliphatic carbocycles. The number of anilines is 1. The first-order valence-electron chi connectivity index (χ1n) is 7.14. The van der Waals surface area contributed by atoms with Crippen LogP contribution in [0.5, 0.6) is 17.2 Å². The number of benzene rings is 2. The van der Waals surface area contributed by atoms with Gasteiger partial charge in [-0.05, 0) is 49.7 Å². The Bertz CT molecular complexity index is 696. The average Bonchev–Trinajstić information content (AvgIpc) is 2.96. The normalized spacial score (nSPS) is 13.6. The largest absolute Gasteiger partial charge is 0.497 e. The first kappa shape index (κ1) is 14.3. The molecule has 0 aromatic heterocycles. The molecule has 3 rings (SSSR count). The van der Waals surface area contributed by atoms with Crippen LogP contribution in [0.25, 0.3) is 0 Å². The highest BCUT2D eigenvalue weighted by atomic mass is 16.5. The highest BCUT2D eigenvalue weighted by Crippen LogP contribution is 2.30. The Kier molecular flexibility index (Phi) is 3.87. The van der Waals surface area contributed by atoms with E-state index in [4.69, 9.17) is 9.47 Å². The molecule has 0 atom stereocenters. The van der Waals surface area contributed by atoms with E-state index in [2.05, 4.69) is 15.4 Å². The fourth-order valence-corrected chi connectivity index (χ4v) is 2.31. The summed E-state index contributed by atoms with van der Waals surface area (Å²) in [6.45, 7) is 4.68. The van der Waals surface area contributed by atoms with Gasteiger partial charge in [0.05, 0.1) is 7.11 Å². The molecule has 0 unspecified atom stereocenters. The number of amidine groups is 1. The highest BCUT2D eigenvalue weighted by molar-refractivity contribution is 5.96. The molecule has 114 valence electrons. The molecule has 0 bridgehead atoms. The monoisotopic (exact) mass is 297 g/mol. The second-order valence-corrected chi connectivity index (χ2v) is 5.13. The van der Waals surface area contributed by atoms with Crippen LogP contribution in [0, 0.1) is 6.92 Å². The summed E-state index contributed by atoms with van der Waals surface area (Å²) >= 11 is 0. The van der Waals surface area contributed by atoms with E-state index in [1.165, 1.54) is 0 Å². The molecule has 2 aromatic rings. The highest BCUT2D eigenvalue weighted by Gasteiger charge is 2.14. The number of hydrogen-bond donors (Lipinski definition) is 1. The first-order chi connectivity index (χ1) is 10.7. The summed E-state index contributed by atoms with van der Waals surface area (Å²) < 4.78 is 11.2. The van der Waals surface area contributed by atoms with Gasteiger partial charge in [0.1, 0.15) is 29.8 Å². The molecule has 0 amide bonds. The average molecular weight is 297 g/mol. The number of nitrogens with one attached hydrogen (secondary N) is 1. The van der Waals surface area contributed by atoms with Crippen LogP contribution in [-0.2, 0) is 0 Å². The number of rotatable bonds is 4. The summed E-state index contributed by atoms with van der Waals surface area (Å²) in [5.74, 6) is 3.33. The number of hydrogen-bond acceptors (Lipinski definition) is 5. The van der Waals surface area contributed by atoms with Crippen LogP contribution in [0.3, 0.4) is 0 Å². The molecule has 0 radical (unpaired) electrons. The standard InChI is InChI=1S/C17H19N3O2/c1-12-4-7-16(21-3)10-17(12)22-15-8-5-14(6-9-15)20-11-18-19-13(20)2/h4-10,18H,11H2,1-3H3. The Hall–Kier alpha value is -2.69. The summed E-state index contributed by atoms with van der Waals surface area (Å²) in [6.07, 6.45) is 0.